The number of aromatic carboxylic acids is 1. The fourth-order valence-corrected chi connectivity index (χ4v) is 3.54. The van der Waals surface area contributed by atoms with Gasteiger partial charge < -0.3 is 14.9 Å². The molecule has 132 valence electrons. The van der Waals surface area contributed by atoms with Gasteiger partial charge in [-0.25, -0.2) is 9.48 Å². The van der Waals surface area contributed by atoms with Gasteiger partial charge in [-0.1, -0.05) is 6.07 Å². The molecule has 3 rings (SSSR count). The second-order valence-corrected chi connectivity index (χ2v) is 6.68. The molecule has 1 aliphatic heterocycles. The van der Waals surface area contributed by atoms with Crippen LogP contribution in [0, 0.1) is 0 Å². The van der Waals surface area contributed by atoms with Gasteiger partial charge in [-0.15, -0.1) is 11.3 Å². The van der Waals surface area contributed by atoms with Gasteiger partial charge in [0.25, 0.3) is 5.91 Å². The Morgan fingerprint density at radius 2 is 1.84 bits per heavy atom. The molecule has 1 fully saturated rings. The van der Waals surface area contributed by atoms with Crippen molar-refractivity contribution in [3.05, 3.63) is 40.3 Å². The lowest BCUT2D eigenvalue weighted by molar-refractivity contribution is -0.136. The molecule has 8 nitrogen and oxygen atoms in total. The van der Waals surface area contributed by atoms with Crippen LogP contribution in [0.25, 0.3) is 0 Å². The molecule has 0 radical (unpaired) electrons. The van der Waals surface area contributed by atoms with Gasteiger partial charge in [-0.3, -0.25) is 9.59 Å². The number of hydrogen-bond acceptors (Lipinski definition) is 5. The molecule has 2 aromatic rings. The van der Waals surface area contributed by atoms with Crippen LogP contribution in [-0.2, 0) is 4.79 Å². The number of hydrogen-bond donors (Lipinski definition) is 1. The molecule has 0 bridgehead atoms. The summed E-state index contributed by atoms with van der Waals surface area (Å²) in [6.45, 7) is 3.39. The van der Waals surface area contributed by atoms with Crippen LogP contribution in [0.5, 0.6) is 0 Å². The zero-order valence-electron chi connectivity index (χ0n) is 13.7. The lowest BCUT2D eigenvalue weighted by Crippen LogP contribution is -2.52. The smallest absolute Gasteiger partial charge is 0.354 e. The highest BCUT2D eigenvalue weighted by Gasteiger charge is 2.30. The van der Waals surface area contributed by atoms with Crippen LogP contribution in [0.1, 0.15) is 33.1 Å². The number of carbonyl (C=O) groups is 3. The minimum absolute atomic E-state index is 0.0182. The maximum Gasteiger partial charge on any atom is 0.354 e. The summed E-state index contributed by atoms with van der Waals surface area (Å²) >= 11 is 1.40. The van der Waals surface area contributed by atoms with Crippen LogP contribution in [0.15, 0.2) is 29.8 Å². The average molecular weight is 362 g/mol. The number of aromatic nitrogens is 2. The molecule has 0 aromatic carbocycles. The van der Waals surface area contributed by atoms with Crippen molar-refractivity contribution in [2.45, 2.75) is 13.0 Å². The largest absolute Gasteiger partial charge is 0.477 e. The Bertz CT molecular complexity index is 778. The Morgan fingerprint density at radius 3 is 2.44 bits per heavy atom. The second kappa shape index (κ2) is 7.06. The number of rotatable bonds is 4. The van der Waals surface area contributed by atoms with E-state index in [4.69, 9.17) is 5.11 Å². The Balaban J connectivity index is 1.62. The van der Waals surface area contributed by atoms with Crippen molar-refractivity contribution in [2.24, 2.45) is 0 Å². The van der Waals surface area contributed by atoms with Crippen molar-refractivity contribution in [3.63, 3.8) is 0 Å². The predicted octanol–water partition coefficient (Wildman–Crippen LogP) is 1.19. The summed E-state index contributed by atoms with van der Waals surface area (Å²) in [6.07, 6.45) is 1.37. The number of thiophene rings is 1. The van der Waals surface area contributed by atoms with Crippen molar-refractivity contribution in [3.8, 4) is 0 Å². The fraction of sp³-hybridized carbons (Fsp3) is 0.375. The van der Waals surface area contributed by atoms with E-state index in [1.165, 1.54) is 28.3 Å². The van der Waals surface area contributed by atoms with Crippen LogP contribution in [0.3, 0.4) is 0 Å². The van der Waals surface area contributed by atoms with Crippen LogP contribution >= 0.6 is 11.3 Å². The molecule has 0 saturated carbocycles. The van der Waals surface area contributed by atoms with Gasteiger partial charge in [-0.2, -0.15) is 5.10 Å². The quantitative estimate of drug-likeness (QED) is 0.881. The molecule has 1 saturated heterocycles. The molecule has 1 aliphatic rings. The normalized spacial score (nSPS) is 15.9. The van der Waals surface area contributed by atoms with Crippen LogP contribution < -0.4 is 0 Å². The van der Waals surface area contributed by atoms with Gasteiger partial charge in [0.15, 0.2) is 0 Å². The van der Waals surface area contributed by atoms with Gasteiger partial charge in [0, 0.05) is 32.4 Å². The van der Waals surface area contributed by atoms with Crippen LogP contribution in [0.2, 0.25) is 0 Å². The second-order valence-electron chi connectivity index (χ2n) is 5.74. The molecule has 9 heteroatoms. The molecule has 3 heterocycles. The van der Waals surface area contributed by atoms with Gasteiger partial charge in [0.1, 0.15) is 11.7 Å². The van der Waals surface area contributed by atoms with E-state index >= 15 is 0 Å². The van der Waals surface area contributed by atoms with E-state index < -0.39 is 12.0 Å². The molecular formula is C16H18N4O4S. The molecule has 25 heavy (non-hydrogen) atoms. The van der Waals surface area contributed by atoms with Gasteiger partial charge in [0.2, 0.25) is 5.91 Å². The first-order chi connectivity index (χ1) is 12.0. The van der Waals surface area contributed by atoms with Crippen molar-refractivity contribution in [1.82, 2.24) is 19.6 Å². The Kier molecular flexibility index (Phi) is 4.84. The highest BCUT2D eigenvalue weighted by molar-refractivity contribution is 7.12. The summed E-state index contributed by atoms with van der Waals surface area (Å²) in [4.78, 5) is 40.2. The number of nitrogens with zero attached hydrogens (tertiary/aromatic N) is 4. The first-order valence-corrected chi connectivity index (χ1v) is 8.75. The summed E-state index contributed by atoms with van der Waals surface area (Å²) in [5.74, 6) is -1.34. The number of carbonyl (C=O) groups excluding carboxylic acids is 2. The van der Waals surface area contributed by atoms with Crippen molar-refractivity contribution >= 4 is 29.1 Å². The van der Waals surface area contributed by atoms with Crippen LogP contribution in [-0.4, -0.2) is 68.6 Å². The highest BCUT2D eigenvalue weighted by Crippen LogP contribution is 2.17. The van der Waals surface area contributed by atoms with E-state index in [9.17, 15) is 14.4 Å². The highest BCUT2D eigenvalue weighted by atomic mass is 32.1. The minimum atomic E-state index is -1.12. The monoisotopic (exact) mass is 362 g/mol. The standard InChI is InChI=1S/C16H18N4O4S/c1-11(20-12(16(23)24)4-5-17-20)14(21)18-6-8-19(9-7-18)15(22)13-3-2-10-25-13/h2-5,10-11H,6-9H2,1H3,(H,23,24). The van der Waals surface area contributed by atoms with E-state index in [0.29, 0.717) is 31.1 Å². The van der Waals surface area contributed by atoms with Crippen molar-refractivity contribution in [2.75, 3.05) is 26.2 Å². The topological polar surface area (TPSA) is 95.7 Å². The Labute approximate surface area is 148 Å². The maximum atomic E-state index is 12.6. The zero-order valence-corrected chi connectivity index (χ0v) is 14.5. The summed E-state index contributed by atoms with van der Waals surface area (Å²) in [6, 6.07) is 4.28. The number of amides is 2. The summed E-state index contributed by atoms with van der Waals surface area (Å²) < 4.78 is 1.22. The third-order valence-corrected chi connectivity index (χ3v) is 5.08. The minimum Gasteiger partial charge on any atom is -0.477 e. The summed E-state index contributed by atoms with van der Waals surface area (Å²) in [5, 5.41) is 15.0. The molecule has 0 spiro atoms. The van der Waals surface area contributed by atoms with E-state index in [0.717, 1.165) is 0 Å². The zero-order chi connectivity index (χ0) is 18.0. The van der Waals surface area contributed by atoms with E-state index in [2.05, 4.69) is 5.10 Å². The average Bonchev–Trinajstić information content (AvgIpc) is 3.31. The van der Waals surface area contributed by atoms with Gasteiger partial charge in [-0.05, 0) is 24.4 Å². The molecule has 1 atom stereocenters. The maximum absolute atomic E-state index is 12.6. The fourth-order valence-electron chi connectivity index (χ4n) is 2.85. The van der Waals surface area contributed by atoms with E-state index in [1.807, 2.05) is 11.4 Å². The van der Waals surface area contributed by atoms with Crippen molar-refractivity contribution in [1.29, 1.82) is 0 Å². The third kappa shape index (κ3) is 3.41. The number of piperazine rings is 1. The lowest BCUT2D eigenvalue weighted by Gasteiger charge is -2.35. The molecule has 2 amide bonds. The molecule has 1 N–H and O–H groups in total. The molecular weight excluding hydrogens is 344 g/mol. The first kappa shape index (κ1) is 17.2. The molecule has 0 aliphatic carbocycles. The summed E-state index contributed by atoms with van der Waals surface area (Å²) in [7, 11) is 0. The van der Waals surface area contributed by atoms with Gasteiger partial charge in [0.05, 0.1) is 4.88 Å². The van der Waals surface area contributed by atoms with E-state index in [1.54, 1.807) is 22.8 Å². The Hall–Kier alpha value is -2.68. The summed E-state index contributed by atoms with van der Waals surface area (Å²) in [5.41, 5.74) is -0.0210. The Morgan fingerprint density at radius 1 is 1.16 bits per heavy atom. The van der Waals surface area contributed by atoms with Gasteiger partial charge >= 0.3 is 5.97 Å². The predicted molar refractivity (Wildman–Crippen MR) is 90.7 cm³/mol. The lowest BCUT2D eigenvalue weighted by atomic mass is 10.2. The number of carboxylic acids is 1. The van der Waals surface area contributed by atoms with Crippen LogP contribution in [0.4, 0.5) is 0 Å². The molecule has 2 aromatic heterocycles. The number of carboxylic acid groups (broad SMARTS) is 1. The SMILES string of the molecule is CC(C(=O)N1CCN(C(=O)c2cccs2)CC1)n1nccc1C(=O)O. The van der Waals surface area contributed by atoms with Crippen molar-refractivity contribution < 1.29 is 19.5 Å². The molecule has 1 unspecified atom stereocenters. The third-order valence-electron chi connectivity index (χ3n) is 4.22. The first-order valence-electron chi connectivity index (χ1n) is 7.87. The van der Waals surface area contributed by atoms with E-state index in [-0.39, 0.29) is 17.5 Å².